The van der Waals surface area contributed by atoms with Gasteiger partial charge in [-0.25, -0.2) is 0 Å². The van der Waals surface area contributed by atoms with E-state index in [1.807, 2.05) is 12.1 Å². The van der Waals surface area contributed by atoms with Crippen molar-refractivity contribution in [1.29, 1.82) is 0 Å². The molecule has 0 unspecified atom stereocenters. The van der Waals surface area contributed by atoms with Crippen LogP contribution in [-0.2, 0) is 11.8 Å². The molecular weight excluding hydrogens is 294 g/mol. The SMILES string of the molecule is CCC[C@]1(c2cccc(O)c2)CCN(CCCc2ccccc2)C1. The number of phenols is 1. The Kier molecular flexibility index (Phi) is 5.57. The highest BCUT2D eigenvalue weighted by Gasteiger charge is 2.38. The van der Waals surface area contributed by atoms with Gasteiger partial charge in [-0.2, -0.15) is 0 Å². The lowest BCUT2D eigenvalue weighted by Crippen LogP contribution is -2.31. The van der Waals surface area contributed by atoms with Crippen LogP contribution in [-0.4, -0.2) is 29.6 Å². The summed E-state index contributed by atoms with van der Waals surface area (Å²) in [6, 6.07) is 18.7. The van der Waals surface area contributed by atoms with Crippen LogP contribution in [0.4, 0.5) is 0 Å². The summed E-state index contributed by atoms with van der Waals surface area (Å²) in [4.78, 5) is 2.61. The number of rotatable bonds is 7. The van der Waals surface area contributed by atoms with Crippen molar-refractivity contribution in [1.82, 2.24) is 4.90 Å². The van der Waals surface area contributed by atoms with Gasteiger partial charge in [0, 0.05) is 12.0 Å². The summed E-state index contributed by atoms with van der Waals surface area (Å²) in [5.74, 6) is 0.394. The standard InChI is InChI=1S/C22H29NO/c1-2-13-22(20-11-6-12-21(24)17-20)14-16-23(18-22)15-7-10-19-8-4-3-5-9-19/h3-6,8-9,11-12,17,24H,2,7,10,13-16,18H2,1H3/t22-/m0/s1. The molecule has 2 aromatic rings. The summed E-state index contributed by atoms with van der Waals surface area (Å²) in [6.07, 6.45) is 5.96. The highest BCUT2D eigenvalue weighted by molar-refractivity contribution is 5.34. The van der Waals surface area contributed by atoms with Crippen LogP contribution < -0.4 is 0 Å². The minimum absolute atomic E-state index is 0.222. The quantitative estimate of drug-likeness (QED) is 0.793. The second-order valence-corrected chi connectivity index (χ2v) is 7.20. The molecular formula is C22H29NO. The lowest BCUT2D eigenvalue weighted by molar-refractivity contribution is 0.297. The molecule has 3 rings (SSSR count). The minimum Gasteiger partial charge on any atom is -0.508 e. The highest BCUT2D eigenvalue weighted by Crippen LogP contribution is 2.39. The number of aromatic hydroxyl groups is 1. The van der Waals surface area contributed by atoms with Gasteiger partial charge in [-0.05, 0) is 62.0 Å². The van der Waals surface area contributed by atoms with Gasteiger partial charge in [0.2, 0.25) is 0 Å². The fourth-order valence-electron chi connectivity index (χ4n) is 4.20. The van der Waals surface area contributed by atoms with Crippen LogP contribution in [0, 0.1) is 0 Å². The van der Waals surface area contributed by atoms with E-state index < -0.39 is 0 Å². The molecule has 1 aliphatic heterocycles. The van der Waals surface area contributed by atoms with Gasteiger partial charge in [-0.1, -0.05) is 55.8 Å². The Morgan fingerprint density at radius 3 is 2.67 bits per heavy atom. The van der Waals surface area contributed by atoms with Crippen molar-refractivity contribution in [3.05, 3.63) is 65.7 Å². The van der Waals surface area contributed by atoms with Crippen LogP contribution in [0.1, 0.15) is 43.7 Å². The maximum atomic E-state index is 9.88. The monoisotopic (exact) mass is 323 g/mol. The molecule has 0 spiro atoms. The summed E-state index contributed by atoms with van der Waals surface area (Å²) in [5, 5.41) is 9.88. The molecule has 128 valence electrons. The number of hydrogen-bond donors (Lipinski definition) is 1. The largest absolute Gasteiger partial charge is 0.508 e. The van der Waals surface area contributed by atoms with E-state index in [0.717, 1.165) is 13.0 Å². The molecule has 1 heterocycles. The fourth-order valence-corrected chi connectivity index (χ4v) is 4.20. The number of benzene rings is 2. The summed E-state index contributed by atoms with van der Waals surface area (Å²) >= 11 is 0. The van der Waals surface area contributed by atoms with Crippen LogP contribution in [0.15, 0.2) is 54.6 Å². The number of likely N-dealkylation sites (tertiary alicyclic amines) is 1. The van der Waals surface area contributed by atoms with Crippen molar-refractivity contribution < 1.29 is 5.11 Å². The van der Waals surface area contributed by atoms with E-state index in [-0.39, 0.29) is 5.41 Å². The first-order chi connectivity index (χ1) is 11.7. The average Bonchev–Trinajstić information content (AvgIpc) is 3.01. The highest BCUT2D eigenvalue weighted by atomic mass is 16.3. The number of phenolic OH excluding ortho intramolecular Hbond substituents is 1. The third-order valence-electron chi connectivity index (χ3n) is 5.40. The van der Waals surface area contributed by atoms with Gasteiger partial charge in [-0.3, -0.25) is 0 Å². The predicted octanol–water partition coefficient (Wildman–Crippen LogP) is 4.77. The average molecular weight is 323 g/mol. The summed E-state index contributed by atoms with van der Waals surface area (Å²) in [7, 11) is 0. The molecule has 2 nitrogen and oxygen atoms in total. The Bertz CT molecular complexity index is 639. The first-order valence-electron chi connectivity index (χ1n) is 9.28. The van der Waals surface area contributed by atoms with E-state index in [1.165, 1.54) is 49.9 Å². The van der Waals surface area contributed by atoms with Gasteiger partial charge in [0.1, 0.15) is 5.75 Å². The van der Waals surface area contributed by atoms with Gasteiger partial charge in [0.25, 0.3) is 0 Å². The predicted molar refractivity (Wildman–Crippen MR) is 101 cm³/mol. The Morgan fingerprint density at radius 1 is 1.08 bits per heavy atom. The van der Waals surface area contributed by atoms with Crippen LogP contribution in [0.2, 0.25) is 0 Å². The smallest absolute Gasteiger partial charge is 0.115 e. The number of aryl methyl sites for hydroxylation is 1. The number of nitrogens with zero attached hydrogens (tertiary/aromatic N) is 1. The molecule has 1 fully saturated rings. The third kappa shape index (κ3) is 3.99. The molecule has 0 aliphatic carbocycles. The molecule has 1 atom stereocenters. The van der Waals surface area contributed by atoms with Crippen LogP contribution >= 0.6 is 0 Å². The molecule has 2 heteroatoms. The topological polar surface area (TPSA) is 23.5 Å². The molecule has 0 radical (unpaired) electrons. The zero-order chi connectivity index (χ0) is 16.8. The maximum Gasteiger partial charge on any atom is 0.115 e. The molecule has 1 aliphatic rings. The lowest BCUT2D eigenvalue weighted by Gasteiger charge is -2.30. The van der Waals surface area contributed by atoms with Gasteiger partial charge in [-0.15, -0.1) is 0 Å². The van der Waals surface area contributed by atoms with Crippen LogP contribution in [0.5, 0.6) is 5.75 Å². The van der Waals surface area contributed by atoms with Crippen molar-refractivity contribution in [3.8, 4) is 5.75 Å². The van der Waals surface area contributed by atoms with E-state index in [1.54, 1.807) is 6.07 Å². The third-order valence-corrected chi connectivity index (χ3v) is 5.40. The molecule has 0 bridgehead atoms. The summed E-state index contributed by atoms with van der Waals surface area (Å²) < 4.78 is 0. The minimum atomic E-state index is 0.222. The van der Waals surface area contributed by atoms with E-state index in [9.17, 15) is 5.11 Å². The van der Waals surface area contributed by atoms with Crippen LogP contribution in [0.25, 0.3) is 0 Å². The normalized spacial score (nSPS) is 21.2. The van der Waals surface area contributed by atoms with Crippen molar-refractivity contribution in [2.75, 3.05) is 19.6 Å². The Hall–Kier alpha value is -1.80. The molecule has 0 aromatic heterocycles. The van der Waals surface area contributed by atoms with E-state index in [4.69, 9.17) is 0 Å². The van der Waals surface area contributed by atoms with E-state index in [2.05, 4.69) is 48.2 Å². The van der Waals surface area contributed by atoms with Crippen molar-refractivity contribution in [3.63, 3.8) is 0 Å². The molecule has 1 saturated heterocycles. The summed E-state index contributed by atoms with van der Waals surface area (Å²) in [6.45, 7) is 5.73. The zero-order valence-corrected chi connectivity index (χ0v) is 14.7. The van der Waals surface area contributed by atoms with Gasteiger partial charge in [0.15, 0.2) is 0 Å². The zero-order valence-electron chi connectivity index (χ0n) is 14.7. The van der Waals surface area contributed by atoms with E-state index in [0.29, 0.717) is 5.75 Å². The van der Waals surface area contributed by atoms with Gasteiger partial charge in [0.05, 0.1) is 0 Å². The molecule has 24 heavy (non-hydrogen) atoms. The van der Waals surface area contributed by atoms with Crippen molar-refractivity contribution >= 4 is 0 Å². The second-order valence-electron chi connectivity index (χ2n) is 7.20. The Labute approximate surface area is 146 Å². The fraction of sp³-hybridized carbons (Fsp3) is 0.455. The van der Waals surface area contributed by atoms with Crippen molar-refractivity contribution in [2.24, 2.45) is 0 Å². The Balaban J connectivity index is 1.60. The van der Waals surface area contributed by atoms with Gasteiger partial charge < -0.3 is 10.0 Å². The van der Waals surface area contributed by atoms with Gasteiger partial charge >= 0.3 is 0 Å². The Morgan fingerprint density at radius 2 is 1.92 bits per heavy atom. The summed E-state index contributed by atoms with van der Waals surface area (Å²) in [5.41, 5.74) is 2.97. The molecule has 2 aromatic carbocycles. The first kappa shape index (κ1) is 17.0. The lowest BCUT2D eigenvalue weighted by atomic mass is 9.76. The van der Waals surface area contributed by atoms with E-state index >= 15 is 0 Å². The maximum absolute atomic E-state index is 9.88. The van der Waals surface area contributed by atoms with Crippen LogP contribution in [0.3, 0.4) is 0 Å². The molecule has 1 N–H and O–H groups in total. The second kappa shape index (κ2) is 7.85. The first-order valence-corrected chi connectivity index (χ1v) is 9.28. The number of hydrogen-bond acceptors (Lipinski definition) is 2. The van der Waals surface area contributed by atoms with Crippen molar-refractivity contribution in [2.45, 2.75) is 44.4 Å². The molecule has 0 saturated carbocycles. The molecule has 0 amide bonds.